The molecule has 1 aromatic carbocycles. The lowest BCUT2D eigenvalue weighted by Crippen LogP contribution is -2.42. The minimum absolute atomic E-state index is 0.0145. The molecule has 0 radical (unpaired) electrons. The molecule has 3 nitrogen and oxygen atoms in total. The first kappa shape index (κ1) is 13.8. The molecule has 19 heavy (non-hydrogen) atoms. The highest BCUT2D eigenvalue weighted by Gasteiger charge is 2.15. The molecule has 1 aliphatic rings. The lowest BCUT2D eigenvalue weighted by Gasteiger charge is -2.26. The molecule has 2 rings (SSSR count). The smallest absolute Gasteiger partial charge is 0.317 e. The number of halogens is 1. The van der Waals surface area contributed by atoms with Crippen LogP contribution in [0.3, 0.4) is 0 Å². The lowest BCUT2D eigenvalue weighted by atomic mass is 10.1. The van der Waals surface area contributed by atoms with Crippen LogP contribution in [-0.2, 0) is 6.54 Å². The van der Waals surface area contributed by atoms with Crippen LogP contribution >= 0.6 is 0 Å². The van der Waals surface area contributed by atoms with Gasteiger partial charge in [0.05, 0.1) is 0 Å². The Kier molecular flexibility index (Phi) is 4.40. The summed E-state index contributed by atoms with van der Waals surface area (Å²) in [6.45, 7) is 5.63. The van der Waals surface area contributed by atoms with Gasteiger partial charge in [0, 0.05) is 19.6 Å². The number of aryl methyl sites for hydroxylation is 2. The van der Waals surface area contributed by atoms with E-state index < -0.39 is 0 Å². The number of urea groups is 1. The third kappa shape index (κ3) is 3.46. The molecule has 1 N–H and O–H groups in total. The van der Waals surface area contributed by atoms with E-state index in [4.69, 9.17) is 0 Å². The van der Waals surface area contributed by atoms with Gasteiger partial charge in [0.1, 0.15) is 5.82 Å². The molecule has 0 saturated carbocycles. The van der Waals surface area contributed by atoms with E-state index in [2.05, 4.69) is 5.32 Å². The number of piperidine rings is 1. The zero-order valence-electron chi connectivity index (χ0n) is 11.6. The van der Waals surface area contributed by atoms with Crippen LogP contribution in [-0.4, -0.2) is 24.0 Å². The van der Waals surface area contributed by atoms with Gasteiger partial charge in [0.25, 0.3) is 0 Å². The molecule has 1 saturated heterocycles. The summed E-state index contributed by atoms with van der Waals surface area (Å²) in [7, 11) is 0. The van der Waals surface area contributed by atoms with Crippen LogP contribution in [0.4, 0.5) is 9.18 Å². The van der Waals surface area contributed by atoms with E-state index >= 15 is 0 Å². The standard InChI is InChI=1S/C15H21FN2O/c1-11-8-13(9-12(2)14(11)16)10-17-15(19)18-6-4-3-5-7-18/h8-9H,3-7,10H2,1-2H3,(H,17,19). The molecule has 2 amide bonds. The van der Waals surface area contributed by atoms with Crippen molar-refractivity contribution in [3.05, 3.63) is 34.6 Å². The van der Waals surface area contributed by atoms with Crippen molar-refractivity contribution in [2.45, 2.75) is 39.7 Å². The number of hydrogen-bond acceptors (Lipinski definition) is 1. The Labute approximate surface area is 113 Å². The number of hydrogen-bond donors (Lipinski definition) is 1. The van der Waals surface area contributed by atoms with E-state index in [1.54, 1.807) is 26.0 Å². The van der Waals surface area contributed by atoms with Gasteiger partial charge in [0.2, 0.25) is 0 Å². The predicted molar refractivity (Wildman–Crippen MR) is 73.5 cm³/mol. The molecule has 1 aromatic rings. The van der Waals surface area contributed by atoms with Crippen molar-refractivity contribution >= 4 is 6.03 Å². The number of benzene rings is 1. The summed E-state index contributed by atoms with van der Waals surface area (Å²) in [5, 5.41) is 2.91. The SMILES string of the molecule is Cc1cc(CNC(=O)N2CCCCC2)cc(C)c1F. The summed E-state index contributed by atoms with van der Waals surface area (Å²) < 4.78 is 13.5. The summed E-state index contributed by atoms with van der Waals surface area (Å²) in [5.74, 6) is -0.161. The Morgan fingerprint density at radius 3 is 2.37 bits per heavy atom. The number of amides is 2. The lowest BCUT2D eigenvalue weighted by molar-refractivity contribution is 0.186. The van der Waals surface area contributed by atoms with E-state index in [9.17, 15) is 9.18 Å². The van der Waals surface area contributed by atoms with Gasteiger partial charge in [0.15, 0.2) is 0 Å². The molecule has 1 fully saturated rings. The van der Waals surface area contributed by atoms with Crippen LogP contribution in [0.1, 0.15) is 36.0 Å². The average molecular weight is 264 g/mol. The van der Waals surface area contributed by atoms with Crippen LogP contribution in [0, 0.1) is 19.7 Å². The normalized spacial score (nSPS) is 15.4. The van der Waals surface area contributed by atoms with Crippen molar-refractivity contribution in [2.24, 2.45) is 0 Å². The topological polar surface area (TPSA) is 32.3 Å². The monoisotopic (exact) mass is 264 g/mol. The molecule has 0 atom stereocenters. The highest BCUT2D eigenvalue weighted by Crippen LogP contribution is 2.15. The summed E-state index contributed by atoms with van der Waals surface area (Å²) in [6, 6.07) is 3.57. The molecule has 0 aliphatic carbocycles. The van der Waals surface area contributed by atoms with E-state index in [1.165, 1.54) is 6.42 Å². The number of likely N-dealkylation sites (tertiary alicyclic amines) is 1. The first-order chi connectivity index (χ1) is 9.08. The fraction of sp³-hybridized carbons (Fsp3) is 0.533. The molecule has 4 heteroatoms. The zero-order valence-corrected chi connectivity index (χ0v) is 11.6. The quantitative estimate of drug-likeness (QED) is 0.874. The van der Waals surface area contributed by atoms with E-state index in [0.717, 1.165) is 31.5 Å². The maximum atomic E-state index is 13.5. The first-order valence-corrected chi connectivity index (χ1v) is 6.86. The van der Waals surface area contributed by atoms with Gasteiger partial charge < -0.3 is 10.2 Å². The Hall–Kier alpha value is -1.58. The van der Waals surface area contributed by atoms with Crippen LogP contribution < -0.4 is 5.32 Å². The van der Waals surface area contributed by atoms with Crippen molar-refractivity contribution in [1.82, 2.24) is 10.2 Å². The van der Waals surface area contributed by atoms with Crippen molar-refractivity contribution in [2.75, 3.05) is 13.1 Å². The number of nitrogens with one attached hydrogen (secondary N) is 1. The Bertz CT molecular complexity index is 444. The molecule has 1 heterocycles. The molecule has 104 valence electrons. The minimum Gasteiger partial charge on any atom is -0.334 e. The highest BCUT2D eigenvalue weighted by atomic mass is 19.1. The predicted octanol–water partition coefficient (Wildman–Crippen LogP) is 3.14. The summed E-state index contributed by atoms with van der Waals surface area (Å²) in [4.78, 5) is 13.8. The summed E-state index contributed by atoms with van der Waals surface area (Å²) in [6.07, 6.45) is 3.38. The van der Waals surface area contributed by atoms with Crippen LogP contribution in [0.15, 0.2) is 12.1 Å². The van der Waals surface area contributed by atoms with Gasteiger partial charge in [-0.1, -0.05) is 12.1 Å². The molecule has 1 aliphatic heterocycles. The zero-order chi connectivity index (χ0) is 13.8. The Morgan fingerprint density at radius 2 is 1.79 bits per heavy atom. The van der Waals surface area contributed by atoms with Gasteiger partial charge in [-0.2, -0.15) is 0 Å². The van der Waals surface area contributed by atoms with Gasteiger partial charge in [-0.3, -0.25) is 0 Å². The van der Waals surface area contributed by atoms with E-state index in [0.29, 0.717) is 17.7 Å². The van der Waals surface area contributed by atoms with Crippen molar-refractivity contribution < 1.29 is 9.18 Å². The average Bonchev–Trinajstić information content (AvgIpc) is 2.43. The van der Waals surface area contributed by atoms with Gasteiger partial charge in [-0.25, -0.2) is 9.18 Å². The molecular weight excluding hydrogens is 243 g/mol. The maximum Gasteiger partial charge on any atom is 0.317 e. The van der Waals surface area contributed by atoms with Crippen molar-refractivity contribution in [1.29, 1.82) is 0 Å². The molecular formula is C15H21FN2O. The fourth-order valence-electron chi connectivity index (χ4n) is 2.52. The second kappa shape index (κ2) is 6.04. The van der Waals surface area contributed by atoms with Crippen molar-refractivity contribution in [3.8, 4) is 0 Å². The third-order valence-corrected chi connectivity index (χ3v) is 3.58. The summed E-state index contributed by atoms with van der Waals surface area (Å²) >= 11 is 0. The van der Waals surface area contributed by atoms with Crippen LogP contribution in [0.25, 0.3) is 0 Å². The van der Waals surface area contributed by atoms with Gasteiger partial charge in [-0.15, -0.1) is 0 Å². The Morgan fingerprint density at radius 1 is 1.21 bits per heavy atom. The first-order valence-electron chi connectivity index (χ1n) is 6.86. The largest absolute Gasteiger partial charge is 0.334 e. The summed E-state index contributed by atoms with van der Waals surface area (Å²) in [5.41, 5.74) is 2.20. The van der Waals surface area contributed by atoms with Crippen LogP contribution in [0.2, 0.25) is 0 Å². The Balaban J connectivity index is 1.93. The molecule has 0 bridgehead atoms. The minimum atomic E-state index is -0.161. The number of nitrogens with zero attached hydrogens (tertiary/aromatic N) is 1. The van der Waals surface area contributed by atoms with Crippen LogP contribution in [0.5, 0.6) is 0 Å². The number of carbonyl (C=O) groups excluding carboxylic acids is 1. The number of rotatable bonds is 2. The van der Waals surface area contributed by atoms with E-state index in [-0.39, 0.29) is 11.8 Å². The molecule has 0 unspecified atom stereocenters. The molecule has 0 aromatic heterocycles. The second-order valence-electron chi connectivity index (χ2n) is 5.25. The number of carbonyl (C=O) groups is 1. The highest BCUT2D eigenvalue weighted by molar-refractivity contribution is 5.74. The van der Waals surface area contributed by atoms with Gasteiger partial charge in [-0.05, 0) is 49.8 Å². The second-order valence-corrected chi connectivity index (χ2v) is 5.25. The maximum absolute atomic E-state index is 13.5. The van der Waals surface area contributed by atoms with Gasteiger partial charge >= 0.3 is 6.03 Å². The van der Waals surface area contributed by atoms with E-state index in [1.807, 2.05) is 4.90 Å². The third-order valence-electron chi connectivity index (χ3n) is 3.58. The fourth-order valence-corrected chi connectivity index (χ4v) is 2.52. The molecule has 0 spiro atoms. The van der Waals surface area contributed by atoms with Crippen molar-refractivity contribution in [3.63, 3.8) is 0 Å².